The van der Waals surface area contributed by atoms with Crippen LogP contribution in [-0.2, 0) is 0 Å². The Labute approximate surface area is 114 Å². The summed E-state index contributed by atoms with van der Waals surface area (Å²) in [5.41, 5.74) is 1.72. The first-order valence-electron chi connectivity index (χ1n) is 5.61. The van der Waals surface area contributed by atoms with Crippen LogP contribution in [0.1, 0.15) is 0 Å². The van der Waals surface area contributed by atoms with Gasteiger partial charge < -0.3 is 9.63 Å². The SMILES string of the molecule is Oc1ccc(Cl)cc1-c1cc(-c2ccccn2)on1. The van der Waals surface area contributed by atoms with Crippen molar-refractivity contribution < 1.29 is 9.63 Å². The molecular formula is C14H9ClN2O2. The van der Waals surface area contributed by atoms with Crippen molar-refractivity contribution in [2.45, 2.75) is 0 Å². The zero-order valence-electron chi connectivity index (χ0n) is 9.75. The maximum absolute atomic E-state index is 9.81. The molecule has 3 rings (SSSR count). The van der Waals surface area contributed by atoms with Gasteiger partial charge in [-0.15, -0.1) is 0 Å². The minimum absolute atomic E-state index is 0.102. The second-order valence-corrected chi connectivity index (χ2v) is 4.39. The van der Waals surface area contributed by atoms with Crippen LogP contribution >= 0.6 is 11.6 Å². The Morgan fingerprint density at radius 2 is 1.95 bits per heavy atom. The number of aromatic hydroxyl groups is 1. The lowest BCUT2D eigenvalue weighted by atomic mass is 10.1. The average molecular weight is 273 g/mol. The number of hydrogen-bond acceptors (Lipinski definition) is 4. The van der Waals surface area contributed by atoms with E-state index in [1.54, 1.807) is 24.4 Å². The highest BCUT2D eigenvalue weighted by Gasteiger charge is 2.12. The van der Waals surface area contributed by atoms with E-state index in [1.165, 1.54) is 6.07 Å². The first kappa shape index (κ1) is 11.7. The largest absolute Gasteiger partial charge is 0.507 e. The Morgan fingerprint density at radius 3 is 2.74 bits per heavy atom. The number of aromatic nitrogens is 2. The lowest BCUT2D eigenvalue weighted by Gasteiger charge is -2.00. The van der Waals surface area contributed by atoms with Crippen molar-refractivity contribution in [2.75, 3.05) is 0 Å². The zero-order valence-corrected chi connectivity index (χ0v) is 10.5. The fourth-order valence-electron chi connectivity index (χ4n) is 1.74. The van der Waals surface area contributed by atoms with Crippen LogP contribution in [0.5, 0.6) is 5.75 Å². The second-order valence-electron chi connectivity index (χ2n) is 3.95. The van der Waals surface area contributed by atoms with Gasteiger partial charge in [-0.25, -0.2) is 0 Å². The van der Waals surface area contributed by atoms with Crippen molar-refractivity contribution >= 4 is 11.6 Å². The summed E-state index contributed by atoms with van der Waals surface area (Å²) < 4.78 is 5.23. The minimum Gasteiger partial charge on any atom is -0.507 e. The first-order valence-corrected chi connectivity index (χ1v) is 5.99. The minimum atomic E-state index is 0.102. The molecule has 0 aliphatic carbocycles. The normalized spacial score (nSPS) is 10.6. The molecule has 0 saturated carbocycles. The Balaban J connectivity index is 2.04. The Kier molecular flexibility index (Phi) is 2.93. The molecule has 0 aliphatic heterocycles. The molecule has 0 unspecified atom stereocenters. The third kappa shape index (κ3) is 2.30. The first-order chi connectivity index (χ1) is 9.24. The van der Waals surface area contributed by atoms with Gasteiger partial charge in [0.1, 0.15) is 17.1 Å². The summed E-state index contributed by atoms with van der Waals surface area (Å²) in [5.74, 6) is 0.639. The molecule has 0 fully saturated rings. The van der Waals surface area contributed by atoms with Gasteiger partial charge in [-0.3, -0.25) is 4.98 Å². The molecule has 94 valence electrons. The summed E-state index contributed by atoms with van der Waals surface area (Å²) in [4.78, 5) is 4.17. The maximum atomic E-state index is 9.81. The average Bonchev–Trinajstić information content (AvgIpc) is 2.92. The monoisotopic (exact) mass is 272 g/mol. The van der Waals surface area contributed by atoms with Crippen molar-refractivity contribution in [3.8, 4) is 28.5 Å². The molecular weight excluding hydrogens is 264 g/mol. The van der Waals surface area contributed by atoms with Gasteiger partial charge >= 0.3 is 0 Å². The molecule has 2 heterocycles. The number of phenolic OH excluding ortho intramolecular Hbond substituents is 1. The number of nitrogens with zero attached hydrogens (tertiary/aromatic N) is 2. The highest BCUT2D eigenvalue weighted by Crippen LogP contribution is 2.32. The lowest BCUT2D eigenvalue weighted by molar-refractivity contribution is 0.432. The molecule has 3 aromatic rings. The molecule has 1 N–H and O–H groups in total. The van der Waals surface area contributed by atoms with Crippen LogP contribution in [0.2, 0.25) is 5.02 Å². The molecule has 2 aromatic heterocycles. The molecule has 19 heavy (non-hydrogen) atoms. The Morgan fingerprint density at radius 1 is 1.05 bits per heavy atom. The van der Waals surface area contributed by atoms with Crippen molar-refractivity contribution in [3.63, 3.8) is 0 Å². The molecule has 5 heteroatoms. The van der Waals surface area contributed by atoms with E-state index >= 15 is 0 Å². The molecule has 0 spiro atoms. The third-order valence-electron chi connectivity index (χ3n) is 2.66. The second kappa shape index (κ2) is 4.74. The van der Waals surface area contributed by atoms with Crippen LogP contribution in [-0.4, -0.2) is 15.2 Å². The van der Waals surface area contributed by atoms with Gasteiger partial charge in [-0.1, -0.05) is 22.8 Å². The summed E-state index contributed by atoms with van der Waals surface area (Å²) >= 11 is 5.91. The van der Waals surface area contributed by atoms with Gasteiger partial charge in [0.15, 0.2) is 5.76 Å². The summed E-state index contributed by atoms with van der Waals surface area (Å²) in [6, 6.07) is 12.0. The van der Waals surface area contributed by atoms with E-state index in [4.69, 9.17) is 16.1 Å². The topological polar surface area (TPSA) is 59.2 Å². The maximum Gasteiger partial charge on any atom is 0.185 e. The van der Waals surface area contributed by atoms with Crippen LogP contribution in [0.4, 0.5) is 0 Å². The highest BCUT2D eigenvalue weighted by molar-refractivity contribution is 6.30. The van der Waals surface area contributed by atoms with E-state index in [0.29, 0.717) is 27.7 Å². The Hall–Kier alpha value is -2.33. The van der Waals surface area contributed by atoms with E-state index in [9.17, 15) is 5.11 Å². The molecule has 0 amide bonds. The van der Waals surface area contributed by atoms with Crippen molar-refractivity contribution in [2.24, 2.45) is 0 Å². The van der Waals surface area contributed by atoms with Gasteiger partial charge in [-0.2, -0.15) is 0 Å². The van der Waals surface area contributed by atoms with E-state index in [0.717, 1.165) is 0 Å². The standard InChI is InChI=1S/C14H9ClN2O2/c15-9-4-5-13(18)10(7-9)12-8-14(19-17-12)11-3-1-2-6-16-11/h1-8,18H. The van der Waals surface area contributed by atoms with Crippen molar-refractivity contribution in [1.29, 1.82) is 0 Å². The Bertz CT molecular complexity index is 710. The van der Waals surface area contributed by atoms with Gasteiger partial charge in [0, 0.05) is 22.8 Å². The summed E-state index contributed by atoms with van der Waals surface area (Å²) in [6.07, 6.45) is 1.67. The molecule has 0 atom stereocenters. The van der Waals surface area contributed by atoms with Gasteiger partial charge in [0.2, 0.25) is 0 Å². The van der Waals surface area contributed by atoms with Crippen LogP contribution in [0.25, 0.3) is 22.7 Å². The van der Waals surface area contributed by atoms with Crippen LogP contribution < -0.4 is 0 Å². The summed E-state index contributed by atoms with van der Waals surface area (Å²) in [5, 5.41) is 14.3. The van der Waals surface area contributed by atoms with Crippen LogP contribution in [0, 0.1) is 0 Å². The number of pyridine rings is 1. The zero-order chi connectivity index (χ0) is 13.2. The number of rotatable bonds is 2. The summed E-state index contributed by atoms with van der Waals surface area (Å²) in [7, 11) is 0. The lowest BCUT2D eigenvalue weighted by Crippen LogP contribution is -1.79. The molecule has 0 radical (unpaired) electrons. The van der Waals surface area contributed by atoms with E-state index < -0.39 is 0 Å². The number of benzene rings is 1. The van der Waals surface area contributed by atoms with E-state index in [2.05, 4.69) is 10.1 Å². The predicted molar refractivity (Wildman–Crippen MR) is 71.8 cm³/mol. The summed E-state index contributed by atoms with van der Waals surface area (Å²) in [6.45, 7) is 0. The van der Waals surface area contributed by atoms with Crippen LogP contribution in [0.15, 0.2) is 53.2 Å². The van der Waals surface area contributed by atoms with Gasteiger partial charge in [-0.05, 0) is 30.3 Å². The van der Waals surface area contributed by atoms with Crippen molar-refractivity contribution in [3.05, 3.63) is 53.7 Å². The molecule has 0 aliphatic rings. The van der Waals surface area contributed by atoms with E-state index in [1.807, 2.05) is 18.2 Å². The van der Waals surface area contributed by atoms with Gasteiger partial charge in [0.05, 0.1) is 0 Å². The number of hydrogen-bond donors (Lipinski definition) is 1. The predicted octanol–water partition coefficient (Wildman–Crippen LogP) is 3.76. The van der Waals surface area contributed by atoms with Crippen LogP contribution in [0.3, 0.4) is 0 Å². The molecule has 0 saturated heterocycles. The fourth-order valence-corrected chi connectivity index (χ4v) is 1.92. The molecule has 0 bridgehead atoms. The van der Waals surface area contributed by atoms with E-state index in [-0.39, 0.29) is 5.75 Å². The quantitative estimate of drug-likeness (QED) is 0.771. The smallest absolute Gasteiger partial charge is 0.185 e. The van der Waals surface area contributed by atoms with Crippen molar-refractivity contribution in [1.82, 2.24) is 10.1 Å². The highest BCUT2D eigenvalue weighted by atomic mass is 35.5. The fraction of sp³-hybridized carbons (Fsp3) is 0. The third-order valence-corrected chi connectivity index (χ3v) is 2.90. The number of halogens is 1. The molecule has 1 aromatic carbocycles. The molecule has 4 nitrogen and oxygen atoms in total. The number of phenols is 1. The van der Waals surface area contributed by atoms with Gasteiger partial charge in [0.25, 0.3) is 0 Å².